The van der Waals surface area contributed by atoms with Crippen LogP contribution in [0.4, 0.5) is 4.39 Å². The van der Waals surface area contributed by atoms with Gasteiger partial charge in [-0.3, -0.25) is 4.99 Å². The molecule has 3 N–H and O–H groups in total. The summed E-state index contributed by atoms with van der Waals surface area (Å²) in [7, 11) is 0. The van der Waals surface area contributed by atoms with E-state index >= 15 is 0 Å². The summed E-state index contributed by atoms with van der Waals surface area (Å²) < 4.78 is 13.1. The van der Waals surface area contributed by atoms with E-state index in [4.69, 9.17) is 0 Å². The normalized spacial score (nSPS) is 12.3. The van der Waals surface area contributed by atoms with Crippen molar-refractivity contribution in [1.29, 1.82) is 0 Å². The van der Waals surface area contributed by atoms with Crippen LogP contribution in [-0.4, -0.2) is 37.7 Å². The second kappa shape index (κ2) is 9.41. The summed E-state index contributed by atoms with van der Waals surface area (Å²) in [6.07, 6.45) is 0.766. The zero-order chi connectivity index (χ0) is 16.4. The Bertz CT molecular complexity index is 466. The Morgan fingerprint density at radius 2 is 1.95 bits per heavy atom. The molecule has 0 aliphatic carbocycles. The zero-order valence-electron chi connectivity index (χ0n) is 14.2. The van der Waals surface area contributed by atoms with Gasteiger partial charge in [0.25, 0.3) is 0 Å². The minimum atomic E-state index is -0.189. The smallest absolute Gasteiger partial charge is 0.191 e. The molecule has 0 aromatic heterocycles. The SMILES string of the molecule is CCNC(=NCCNC(C)(C)C)NCCc1cccc(F)c1. The molecule has 0 amide bonds. The number of hydrogen-bond acceptors (Lipinski definition) is 2. The van der Waals surface area contributed by atoms with Crippen molar-refractivity contribution < 1.29 is 4.39 Å². The summed E-state index contributed by atoms with van der Waals surface area (Å²) >= 11 is 0. The molecule has 0 spiro atoms. The minimum Gasteiger partial charge on any atom is -0.357 e. The first-order valence-electron chi connectivity index (χ1n) is 7.92. The number of hydrogen-bond donors (Lipinski definition) is 3. The third-order valence-corrected chi connectivity index (χ3v) is 2.98. The van der Waals surface area contributed by atoms with E-state index < -0.39 is 0 Å². The standard InChI is InChI=1S/C17H29FN4/c1-5-19-16(21-11-12-22-17(2,3)4)20-10-9-14-7-6-8-15(18)13-14/h6-8,13,22H,5,9-12H2,1-4H3,(H2,19,20,21). The van der Waals surface area contributed by atoms with E-state index in [1.54, 1.807) is 12.1 Å². The molecule has 4 nitrogen and oxygen atoms in total. The van der Waals surface area contributed by atoms with Gasteiger partial charge >= 0.3 is 0 Å². The van der Waals surface area contributed by atoms with Crippen molar-refractivity contribution in [2.45, 2.75) is 39.7 Å². The molecule has 0 unspecified atom stereocenters. The number of aliphatic imine (C=N–C) groups is 1. The first-order valence-corrected chi connectivity index (χ1v) is 7.92. The first kappa shape index (κ1) is 18.4. The second-order valence-corrected chi connectivity index (χ2v) is 6.24. The van der Waals surface area contributed by atoms with Crippen LogP contribution in [0.25, 0.3) is 0 Å². The van der Waals surface area contributed by atoms with Crippen molar-refractivity contribution in [3.63, 3.8) is 0 Å². The maximum absolute atomic E-state index is 13.1. The van der Waals surface area contributed by atoms with Gasteiger partial charge in [0.1, 0.15) is 5.82 Å². The van der Waals surface area contributed by atoms with Gasteiger partial charge in [-0.05, 0) is 51.8 Å². The largest absolute Gasteiger partial charge is 0.357 e. The van der Waals surface area contributed by atoms with Gasteiger partial charge in [-0.15, -0.1) is 0 Å². The predicted molar refractivity (Wildman–Crippen MR) is 91.8 cm³/mol. The molecule has 0 saturated heterocycles. The van der Waals surface area contributed by atoms with Crippen LogP contribution in [0.15, 0.2) is 29.3 Å². The Morgan fingerprint density at radius 1 is 1.18 bits per heavy atom. The van der Waals surface area contributed by atoms with Gasteiger partial charge in [0.15, 0.2) is 5.96 Å². The van der Waals surface area contributed by atoms with E-state index in [2.05, 4.69) is 41.7 Å². The van der Waals surface area contributed by atoms with Gasteiger partial charge in [-0.2, -0.15) is 0 Å². The van der Waals surface area contributed by atoms with Crippen molar-refractivity contribution in [3.8, 4) is 0 Å². The predicted octanol–water partition coefficient (Wildman–Crippen LogP) is 2.31. The van der Waals surface area contributed by atoms with Crippen LogP contribution in [0.1, 0.15) is 33.3 Å². The Kier molecular flexibility index (Phi) is 7.88. The van der Waals surface area contributed by atoms with Crippen molar-refractivity contribution >= 4 is 5.96 Å². The Hall–Kier alpha value is -1.62. The molecule has 0 saturated carbocycles. The van der Waals surface area contributed by atoms with Crippen LogP contribution in [0.5, 0.6) is 0 Å². The highest BCUT2D eigenvalue weighted by atomic mass is 19.1. The van der Waals surface area contributed by atoms with Crippen LogP contribution >= 0.6 is 0 Å². The Labute approximate surface area is 133 Å². The van der Waals surface area contributed by atoms with E-state index in [9.17, 15) is 4.39 Å². The second-order valence-electron chi connectivity index (χ2n) is 6.24. The molecule has 0 radical (unpaired) electrons. The van der Waals surface area contributed by atoms with Crippen LogP contribution in [0.3, 0.4) is 0 Å². The zero-order valence-corrected chi connectivity index (χ0v) is 14.2. The lowest BCUT2D eigenvalue weighted by atomic mass is 10.1. The fraction of sp³-hybridized carbons (Fsp3) is 0.588. The van der Waals surface area contributed by atoms with E-state index in [-0.39, 0.29) is 11.4 Å². The summed E-state index contributed by atoms with van der Waals surface area (Å²) in [4.78, 5) is 4.52. The number of rotatable bonds is 7. The topological polar surface area (TPSA) is 48.5 Å². The fourth-order valence-electron chi connectivity index (χ4n) is 1.96. The van der Waals surface area contributed by atoms with Gasteiger partial charge in [0.2, 0.25) is 0 Å². The number of benzene rings is 1. The van der Waals surface area contributed by atoms with Gasteiger partial charge in [0, 0.05) is 25.2 Å². The van der Waals surface area contributed by atoms with Gasteiger partial charge in [-0.25, -0.2) is 4.39 Å². The molecule has 1 aromatic rings. The van der Waals surface area contributed by atoms with Gasteiger partial charge < -0.3 is 16.0 Å². The molecule has 5 heteroatoms. The quantitative estimate of drug-likeness (QED) is 0.411. The first-order chi connectivity index (χ1) is 10.4. The van der Waals surface area contributed by atoms with Crippen LogP contribution in [0, 0.1) is 5.82 Å². The molecular formula is C17H29FN4. The molecule has 0 aliphatic rings. The Balaban J connectivity index is 2.36. The maximum Gasteiger partial charge on any atom is 0.191 e. The van der Waals surface area contributed by atoms with Gasteiger partial charge in [0.05, 0.1) is 6.54 Å². The molecule has 1 aromatic carbocycles. The average molecular weight is 308 g/mol. The molecule has 1 rings (SSSR count). The number of halogens is 1. The third-order valence-electron chi connectivity index (χ3n) is 2.98. The Morgan fingerprint density at radius 3 is 2.59 bits per heavy atom. The molecule has 0 heterocycles. The lowest BCUT2D eigenvalue weighted by Crippen LogP contribution is -2.40. The lowest BCUT2D eigenvalue weighted by Gasteiger charge is -2.20. The summed E-state index contributed by atoms with van der Waals surface area (Å²) in [5.74, 6) is 0.612. The number of guanidine groups is 1. The third kappa shape index (κ3) is 8.62. The fourth-order valence-corrected chi connectivity index (χ4v) is 1.96. The molecule has 22 heavy (non-hydrogen) atoms. The molecule has 0 atom stereocenters. The van der Waals surface area contributed by atoms with Crippen LogP contribution < -0.4 is 16.0 Å². The number of nitrogens with zero attached hydrogens (tertiary/aromatic N) is 1. The maximum atomic E-state index is 13.1. The average Bonchev–Trinajstić information content (AvgIpc) is 2.42. The monoisotopic (exact) mass is 308 g/mol. The van der Waals surface area contributed by atoms with Crippen LogP contribution in [-0.2, 0) is 6.42 Å². The van der Waals surface area contributed by atoms with E-state index in [1.165, 1.54) is 6.07 Å². The summed E-state index contributed by atoms with van der Waals surface area (Å²) in [6, 6.07) is 6.70. The highest BCUT2D eigenvalue weighted by Gasteiger charge is 2.07. The van der Waals surface area contributed by atoms with Crippen molar-refractivity contribution in [1.82, 2.24) is 16.0 Å². The van der Waals surface area contributed by atoms with E-state index in [0.29, 0.717) is 6.54 Å². The molecule has 124 valence electrons. The molecule has 0 fully saturated rings. The minimum absolute atomic E-state index is 0.110. The van der Waals surface area contributed by atoms with Gasteiger partial charge in [-0.1, -0.05) is 12.1 Å². The summed E-state index contributed by atoms with van der Waals surface area (Å²) in [5.41, 5.74) is 1.09. The van der Waals surface area contributed by atoms with Crippen molar-refractivity contribution in [2.75, 3.05) is 26.2 Å². The molecule has 0 aliphatic heterocycles. The summed E-state index contributed by atoms with van der Waals surface area (Å²) in [6.45, 7) is 11.5. The van der Waals surface area contributed by atoms with Crippen molar-refractivity contribution in [2.24, 2.45) is 4.99 Å². The number of nitrogens with one attached hydrogen (secondary N) is 3. The summed E-state index contributed by atoms with van der Waals surface area (Å²) in [5, 5.41) is 9.89. The van der Waals surface area contributed by atoms with E-state index in [1.807, 2.05) is 13.0 Å². The van der Waals surface area contributed by atoms with Crippen molar-refractivity contribution in [3.05, 3.63) is 35.6 Å². The van der Waals surface area contributed by atoms with Crippen LogP contribution in [0.2, 0.25) is 0 Å². The molecule has 0 bridgehead atoms. The van der Waals surface area contributed by atoms with E-state index in [0.717, 1.165) is 37.6 Å². The molecular weight excluding hydrogens is 279 g/mol. The lowest BCUT2D eigenvalue weighted by molar-refractivity contribution is 0.432. The highest BCUT2D eigenvalue weighted by Crippen LogP contribution is 2.03. The highest BCUT2D eigenvalue weighted by molar-refractivity contribution is 5.79.